The fourth-order valence-electron chi connectivity index (χ4n) is 3.72. The average Bonchev–Trinajstić information content (AvgIpc) is 2.89. The first kappa shape index (κ1) is 13.9. The van der Waals surface area contributed by atoms with Gasteiger partial charge in [0.05, 0.1) is 6.61 Å². The third-order valence-corrected chi connectivity index (χ3v) is 4.94. The molecule has 1 atom stereocenters. The minimum absolute atomic E-state index is 0.00183. The molecule has 0 heterocycles. The Bertz CT molecular complexity index is 308. The molecule has 0 amide bonds. The van der Waals surface area contributed by atoms with Crippen molar-refractivity contribution in [1.29, 1.82) is 0 Å². The average molecular weight is 253 g/mol. The number of carbonyl (C=O) groups is 1. The number of hydrogen-bond acceptors (Lipinski definition) is 3. The summed E-state index contributed by atoms with van der Waals surface area (Å²) < 4.78 is 5.37. The third kappa shape index (κ3) is 2.29. The summed E-state index contributed by atoms with van der Waals surface area (Å²) in [6.07, 6.45) is 8.13. The quantitative estimate of drug-likeness (QED) is 0.783. The van der Waals surface area contributed by atoms with Crippen LogP contribution in [0.3, 0.4) is 0 Å². The molecule has 1 N–H and O–H groups in total. The Labute approximate surface area is 111 Å². The number of hydrogen-bond donors (Lipinski definition) is 1. The van der Waals surface area contributed by atoms with Crippen LogP contribution in [0, 0.1) is 5.41 Å². The molecule has 104 valence electrons. The van der Waals surface area contributed by atoms with E-state index in [0.29, 0.717) is 12.6 Å². The number of carbonyl (C=O) groups excluding carboxylic acids is 1. The lowest BCUT2D eigenvalue weighted by Crippen LogP contribution is -2.61. The van der Waals surface area contributed by atoms with Crippen LogP contribution in [0.25, 0.3) is 0 Å². The Kier molecular flexibility index (Phi) is 4.00. The second-order valence-corrected chi connectivity index (χ2v) is 6.49. The zero-order valence-corrected chi connectivity index (χ0v) is 12.1. The Morgan fingerprint density at radius 2 is 1.89 bits per heavy atom. The molecular weight excluding hydrogens is 226 g/mol. The standard InChI is InChI=1S/C15H27NO2/c1-4-18-13(17)15(11-7-10-14(15,2)3)16-12-8-5-6-9-12/h12,16H,4-11H2,1-3H3. The highest BCUT2D eigenvalue weighted by Crippen LogP contribution is 2.47. The lowest BCUT2D eigenvalue weighted by atomic mass is 9.74. The van der Waals surface area contributed by atoms with E-state index in [1.165, 1.54) is 25.7 Å². The lowest BCUT2D eigenvalue weighted by Gasteiger charge is -2.42. The molecule has 0 bridgehead atoms. The van der Waals surface area contributed by atoms with Gasteiger partial charge in [-0.25, -0.2) is 0 Å². The van der Waals surface area contributed by atoms with Gasteiger partial charge in [0.1, 0.15) is 5.54 Å². The highest BCUT2D eigenvalue weighted by molar-refractivity contribution is 5.82. The molecule has 0 aliphatic heterocycles. The summed E-state index contributed by atoms with van der Waals surface area (Å²) in [6.45, 7) is 6.78. The van der Waals surface area contributed by atoms with Gasteiger partial charge in [0.25, 0.3) is 0 Å². The van der Waals surface area contributed by atoms with E-state index >= 15 is 0 Å². The van der Waals surface area contributed by atoms with Gasteiger partial charge in [-0.1, -0.05) is 33.1 Å². The molecular formula is C15H27NO2. The van der Waals surface area contributed by atoms with Crippen molar-refractivity contribution in [2.75, 3.05) is 6.61 Å². The van der Waals surface area contributed by atoms with Crippen LogP contribution in [0.15, 0.2) is 0 Å². The zero-order chi connectivity index (χ0) is 13.2. The molecule has 2 aliphatic carbocycles. The lowest BCUT2D eigenvalue weighted by molar-refractivity contribution is -0.156. The second-order valence-electron chi connectivity index (χ2n) is 6.49. The van der Waals surface area contributed by atoms with Crippen LogP contribution < -0.4 is 5.32 Å². The van der Waals surface area contributed by atoms with E-state index in [4.69, 9.17) is 4.74 Å². The van der Waals surface area contributed by atoms with Crippen LogP contribution in [0.1, 0.15) is 65.7 Å². The van der Waals surface area contributed by atoms with Crippen molar-refractivity contribution in [3.63, 3.8) is 0 Å². The van der Waals surface area contributed by atoms with Crippen LogP contribution in [0.2, 0.25) is 0 Å². The van der Waals surface area contributed by atoms with Gasteiger partial charge in [-0.3, -0.25) is 10.1 Å². The summed E-state index contributed by atoms with van der Waals surface area (Å²) in [5.41, 5.74) is -0.445. The van der Waals surface area contributed by atoms with E-state index in [-0.39, 0.29) is 11.4 Å². The van der Waals surface area contributed by atoms with Gasteiger partial charge in [0.2, 0.25) is 0 Å². The summed E-state index contributed by atoms with van der Waals surface area (Å²) >= 11 is 0. The van der Waals surface area contributed by atoms with Crippen molar-refractivity contribution in [3.05, 3.63) is 0 Å². The molecule has 2 saturated carbocycles. The summed E-state index contributed by atoms with van der Waals surface area (Å²) in [4.78, 5) is 12.5. The van der Waals surface area contributed by atoms with Crippen LogP contribution in [-0.4, -0.2) is 24.2 Å². The van der Waals surface area contributed by atoms with E-state index in [1.54, 1.807) is 0 Å². The van der Waals surface area contributed by atoms with E-state index in [0.717, 1.165) is 19.3 Å². The summed E-state index contributed by atoms with van der Waals surface area (Å²) in [5.74, 6) is -0.0283. The summed E-state index contributed by atoms with van der Waals surface area (Å²) in [6, 6.07) is 0.506. The highest BCUT2D eigenvalue weighted by Gasteiger charge is 2.56. The maximum atomic E-state index is 12.5. The molecule has 0 aromatic carbocycles. The van der Waals surface area contributed by atoms with Crippen LogP contribution in [-0.2, 0) is 9.53 Å². The largest absolute Gasteiger partial charge is 0.465 e. The monoisotopic (exact) mass is 253 g/mol. The van der Waals surface area contributed by atoms with E-state index in [1.807, 2.05) is 6.92 Å². The summed E-state index contributed by atoms with van der Waals surface area (Å²) in [5, 5.41) is 3.69. The Morgan fingerprint density at radius 3 is 2.39 bits per heavy atom. The third-order valence-electron chi connectivity index (χ3n) is 4.94. The van der Waals surface area contributed by atoms with Crippen LogP contribution >= 0.6 is 0 Å². The fourth-order valence-corrected chi connectivity index (χ4v) is 3.72. The summed E-state index contributed by atoms with van der Waals surface area (Å²) in [7, 11) is 0. The maximum Gasteiger partial charge on any atom is 0.326 e. The molecule has 2 aliphatic rings. The normalized spacial score (nSPS) is 31.7. The van der Waals surface area contributed by atoms with Crippen LogP contribution in [0.5, 0.6) is 0 Å². The van der Waals surface area contributed by atoms with Gasteiger partial charge in [-0.05, 0) is 38.0 Å². The van der Waals surface area contributed by atoms with Crippen molar-refractivity contribution in [2.24, 2.45) is 5.41 Å². The van der Waals surface area contributed by atoms with Crippen LogP contribution in [0.4, 0.5) is 0 Å². The first-order chi connectivity index (χ1) is 8.52. The number of rotatable bonds is 4. The molecule has 0 aromatic rings. The van der Waals surface area contributed by atoms with Gasteiger partial charge < -0.3 is 4.74 Å². The number of nitrogens with one attached hydrogen (secondary N) is 1. The first-order valence-corrected chi connectivity index (χ1v) is 7.47. The van der Waals surface area contributed by atoms with E-state index in [2.05, 4.69) is 19.2 Å². The topological polar surface area (TPSA) is 38.3 Å². The number of ether oxygens (including phenoxy) is 1. The van der Waals surface area contributed by atoms with E-state index in [9.17, 15) is 4.79 Å². The molecule has 0 aromatic heterocycles. The Morgan fingerprint density at radius 1 is 1.22 bits per heavy atom. The SMILES string of the molecule is CCOC(=O)C1(NC2CCCC2)CCCC1(C)C. The van der Waals surface area contributed by atoms with Crippen molar-refractivity contribution in [3.8, 4) is 0 Å². The smallest absolute Gasteiger partial charge is 0.326 e. The molecule has 0 radical (unpaired) electrons. The molecule has 0 saturated heterocycles. The van der Waals surface area contributed by atoms with Crippen molar-refractivity contribution < 1.29 is 9.53 Å². The molecule has 3 nitrogen and oxygen atoms in total. The maximum absolute atomic E-state index is 12.5. The molecule has 2 fully saturated rings. The predicted molar refractivity (Wildman–Crippen MR) is 72.4 cm³/mol. The molecule has 0 spiro atoms. The van der Waals surface area contributed by atoms with Gasteiger partial charge in [-0.2, -0.15) is 0 Å². The molecule has 3 heteroatoms. The fraction of sp³-hybridized carbons (Fsp3) is 0.933. The number of esters is 1. The predicted octanol–water partition coefficient (Wildman–Crippen LogP) is 3.03. The minimum Gasteiger partial charge on any atom is -0.465 e. The van der Waals surface area contributed by atoms with E-state index < -0.39 is 5.54 Å². The zero-order valence-electron chi connectivity index (χ0n) is 12.1. The second kappa shape index (κ2) is 5.20. The van der Waals surface area contributed by atoms with Crippen molar-refractivity contribution >= 4 is 5.97 Å². The van der Waals surface area contributed by atoms with Crippen molar-refractivity contribution in [1.82, 2.24) is 5.32 Å². The van der Waals surface area contributed by atoms with Gasteiger partial charge in [0, 0.05) is 6.04 Å². The molecule has 1 unspecified atom stereocenters. The van der Waals surface area contributed by atoms with Gasteiger partial charge in [-0.15, -0.1) is 0 Å². The Hall–Kier alpha value is -0.570. The minimum atomic E-state index is -0.446. The van der Waals surface area contributed by atoms with Crippen molar-refractivity contribution in [2.45, 2.75) is 77.3 Å². The van der Waals surface area contributed by atoms with Gasteiger partial charge in [0.15, 0.2) is 0 Å². The Balaban J connectivity index is 2.18. The van der Waals surface area contributed by atoms with Gasteiger partial charge >= 0.3 is 5.97 Å². The highest BCUT2D eigenvalue weighted by atomic mass is 16.5. The first-order valence-electron chi connectivity index (χ1n) is 7.47. The molecule has 2 rings (SSSR count). The molecule has 18 heavy (non-hydrogen) atoms.